The molecule has 124 valence electrons. The number of piperazine rings is 1. The molecule has 3 rings (SSSR count). The van der Waals surface area contributed by atoms with E-state index in [1.165, 1.54) is 25.0 Å². The average Bonchev–Trinajstić information content (AvgIpc) is 3.33. The molecule has 0 unspecified atom stereocenters. The monoisotopic (exact) mass is 336 g/mol. The molecule has 23 heavy (non-hydrogen) atoms. The Bertz CT molecular complexity index is 592. The summed E-state index contributed by atoms with van der Waals surface area (Å²) in [6.07, 6.45) is 2.58. The molecule has 1 saturated carbocycles. The molecule has 1 aromatic rings. The van der Waals surface area contributed by atoms with Crippen molar-refractivity contribution in [2.45, 2.75) is 19.4 Å². The van der Waals surface area contributed by atoms with Crippen LogP contribution in [0.4, 0.5) is 4.39 Å². The maximum Gasteiger partial charge on any atom is 0.242 e. The Morgan fingerprint density at radius 3 is 2.83 bits per heavy atom. The highest BCUT2D eigenvalue weighted by molar-refractivity contribution is 7.99. The van der Waals surface area contributed by atoms with Gasteiger partial charge in [-0.2, -0.15) is 11.8 Å². The molecule has 0 aromatic heterocycles. The van der Waals surface area contributed by atoms with Crippen molar-refractivity contribution in [3.8, 4) is 0 Å². The third-order valence-corrected chi connectivity index (χ3v) is 5.37. The van der Waals surface area contributed by atoms with Crippen molar-refractivity contribution in [2.24, 2.45) is 5.92 Å². The number of amides is 2. The minimum absolute atomic E-state index is 0.0504. The lowest BCUT2D eigenvalue weighted by atomic mass is 10.2. The maximum absolute atomic E-state index is 13.2. The summed E-state index contributed by atoms with van der Waals surface area (Å²) in [6.45, 7) is 1.60. The molecule has 2 fully saturated rings. The predicted octanol–water partition coefficient (Wildman–Crippen LogP) is 2.14. The van der Waals surface area contributed by atoms with Crippen LogP contribution in [0.3, 0.4) is 0 Å². The van der Waals surface area contributed by atoms with E-state index in [1.54, 1.807) is 27.6 Å². The first-order valence-corrected chi connectivity index (χ1v) is 9.15. The number of carbonyl (C=O) groups excluding carboxylic acids is 2. The van der Waals surface area contributed by atoms with Crippen LogP contribution in [-0.4, -0.2) is 52.8 Å². The number of hydrogen-bond donors (Lipinski definition) is 0. The topological polar surface area (TPSA) is 40.6 Å². The molecule has 2 amide bonds. The molecule has 0 atom stereocenters. The normalized spacial score (nSPS) is 18.4. The summed E-state index contributed by atoms with van der Waals surface area (Å²) in [4.78, 5) is 27.7. The van der Waals surface area contributed by atoms with Crippen molar-refractivity contribution in [3.63, 3.8) is 0 Å². The van der Waals surface area contributed by atoms with Crippen LogP contribution in [-0.2, 0) is 16.1 Å². The van der Waals surface area contributed by atoms with Gasteiger partial charge in [-0.25, -0.2) is 4.39 Å². The zero-order valence-corrected chi connectivity index (χ0v) is 13.9. The van der Waals surface area contributed by atoms with Gasteiger partial charge < -0.3 is 9.80 Å². The standard InChI is InChI=1S/C17H21FN2O2S/c18-15-3-1-2-14(8-15)9-19-6-7-20(10-16(19)21)17(22)12-23-11-13-4-5-13/h1-3,8,13H,4-7,9-12H2. The largest absolute Gasteiger partial charge is 0.335 e. The summed E-state index contributed by atoms with van der Waals surface area (Å²) in [5.41, 5.74) is 0.776. The first-order chi connectivity index (χ1) is 11.1. The molecule has 0 bridgehead atoms. The van der Waals surface area contributed by atoms with Crippen LogP contribution < -0.4 is 0 Å². The minimum Gasteiger partial charge on any atom is -0.335 e. The molecular formula is C17H21FN2O2S. The third-order valence-electron chi connectivity index (χ3n) is 4.21. The zero-order valence-electron chi connectivity index (χ0n) is 13.0. The Morgan fingerprint density at radius 1 is 1.30 bits per heavy atom. The van der Waals surface area contributed by atoms with Gasteiger partial charge >= 0.3 is 0 Å². The van der Waals surface area contributed by atoms with Crippen molar-refractivity contribution in [1.29, 1.82) is 0 Å². The first kappa shape index (κ1) is 16.3. The second-order valence-electron chi connectivity index (χ2n) is 6.22. The molecule has 0 N–H and O–H groups in total. The molecule has 1 aromatic carbocycles. The summed E-state index contributed by atoms with van der Waals surface area (Å²) in [5, 5.41) is 0. The van der Waals surface area contributed by atoms with E-state index in [0.717, 1.165) is 17.2 Å². The Hall–Kier alpha value is -1.56. The van der Waals surface area contributed by atoms with Gasteiger partial charge in [-0.15, -0.1) is 0 Å². The fourth-order valence-electron chi connectivity index (χ4n) is 2.63. The lowest BCUT2D eigenvalue weighted by Gasteiger charge is -2.34. The number of carbonyl (C=O) groups is 2. The van der Waals surface area contributed by atoms with Gasteiger partial charge in [0.25, 0.3) is 0 Å². The minimum atomic E-state index is -0.295. The smallest absolute Gasteiger partial charge is 0.242 e. The molecule has 0 radical (unpaired) electrons. The van der Waals surface area contributed by atoms with Gasteiger partial charge in [0, 0.05) is 19.6 Å². The Balaban J connectivity index is 1.46. The zero-order chi connectivity index (χ0) is 16.2. The second-order valence-corrected chi connectivity index (χ2v) is 7.25. The summed E-state index contributed by atoms with van der Waals surface area (Å²) < 4.78 is 13.2. The van der Waals surface area contributed by atoms with Gasteiger partial charge in [-0.3, -0.25) is 9.59 Å². The van der Waals surface area contributed by atoms with E-state index in [9.17, 15) is 14.0 Å². The average molecular weight is 336 g/mol. The predicted molar refractivity (Wildman–Crippen MR) is 88.4 cm³/mol. The van der Waals surface area contributed by atoms with Gasteiger partial charge in [0.1, 0.15) is 5.82 Å². The van der Waals surface area contributed by atoms with Crippen LogP contribution in [0, 0.1) is 11.7 Å². The third kappa shape index (κ3) is 4.70. The summed E-state index contributed by atoms with van der Waals surface area (Å²) >= 11 is 1.67. The molecule has 6 heteroatoms. The first-order valence-electron chi connectivity index (χ1n) is 7.99. The van der Waals surface area contributed by atoms with Crippen LogP contribution in [0.5, 0.6) is 0 Å². The maximum atomic E-state index is 13.2. The number of thioether (sulfide) groups is 1. The van der Waals surface area contributed by atoms with E-state index in [1.807, 2.05) is 6.07 Å². The molecule has 1 aliphatic carbocycles. The van der Waals surface area contributed by atoms with Crippen LogP contribution in [0.2, 0.25) is 0 Å². The van der Waals surface area contributed by atoms with Crippen LogP contribution in [0.25, 0.3) is 0 Å². The number of halogens is 1. The molecule has 0 spiro atoms. The van der Waals surface area contributed by atoms with Gasteiger partial charge in [-0.1, -0.05) is 12.1 Å². The SMILES string of the molecule is O=C(CSCC1CC1)N1CCN(Cc2cccc(F)c2)C(=O)C1. The Morgan fingerprint density at radius 2 is 2.13 bits per heavy atom. The van der Waals surface area contributed by atoms with E-state index in [4.69, 9.17) is 0 Å². The number of benzene rings is 1. The summed E-state index contributed by atoms with van der Waals surface area (Å²) in [6, 6.07) is 6.29. The van der Waals surface area contributed by atoms with E-state index in [-0.39, 0.29) is 24.2 Å². The molecule has 2 aliphatic rings. The summed E-state index contributed by atoms with van der Waals surface area (Å²) in [7, 11) is 0. The fraction of sp³-hybridized carbons (Fsp3) is 0.529. The summed E-state index contributed by atoms with van der Waals surface area (Å²) in [5.74, 6) is 2.01. The highest BCUT2D eigenvalue weighted by Gasteiger charge is 2.27. The number of hydrogen-bond acceptors (Lipinski definition) is 3. The number of nitrogens with zero attached hydrogens (tertiary/aromatic N) is 2. The number of rotatable bonds is 6. The van der Waals surface area contributed by atoms with Crippen molar-refractivity contribution in [2.75, 3.05) is 31.1 Å². The quantitative estimate of drug-likeness (QED) is 0.799. The lowest BCUT2D eigenvalue weighted by Crippen LogP contribution is -2.52. The molecule has 4 nitrogen and oxygen atoms in total. The van der Waals surface area contributed by atoms with Crippen molar-refractivity contribution in [3.05, 3.63) is 35.6 Å². The van der Waals surface area contributed by atoms with E-state index < -0.39 is 0 Å². The van der Waals surface area contributed by atoms with Crippen molar-refractivity contribution >= 4 is 23.6 Å². The van der Waals surface area contributed by atoms with Gasteiger partial charge in [0.05, 0.1) is 12.3 Å². The van der Waals surface area contributed by atoms with E-state index in [0.29, 0.717) is 25.4 Å². The van der Waals surface area contributed by atoms with Crippen molar-refractivity contribution < 1.29 is 14.0 Å². The van der Waals surface area contributed by atoms with Gasteiger partial charge in [0.15, 0.2) is 0 Å². The van der Waals surface area contributed by atoms with Gasteiger partial charge in [0.2, 0.25) is 11.8 Å². The molecule has 1 aliphatic heterocycles. The lowest BCUT2D eigenvalue weighted by molar-refractivity contribution is -0.144. The van der Waals surface area contributed by atoms with E-state index >= 15 is 0 Å². The fourth-order valence-corrected chi connectivity index (χ4v) is 3.77. The van der Waals surface area contributed by atoms with E-state index in [2.05, 4.69) is 0 Å². The van der Waals surface area contributed by atoms with Gasteiger partial charge in [-0.05, 0) is 42.2 Å². The van der Waals surface area contributed by atoms with Crippen LogP contribution in [0.1, 0.15) is 18.4 Å². The van der Waals surface area contributed by atoms with Crippen molar-refractivity contribution in [1.82, 2.24) is 9.80 Å². The van der Waals surface area contributed by atoms with Crippen LogP contribution >= 0.6 is 11.8 Å². The Kier molecular flexibility index (Phi) is 5.20. The highest BCUT2D eigenvalue weighted by Crippen LogP contribution is 2.32. The molecular weight excluding hydrogens is 315 g/mol. The second kappa shape index (κ2) is 7.34. The van der Waals surface area contributed by atoms with Crippen LogP contribution in [0.15, 0.2) is 24.3 Å². The Labute approximate surface area is 140 Å². The molecule has 1 heterocycles. The highest BCUT2D eigenvalue weighted by atomic mass is 32.2. The molecule has 1 saturated heterocycles.